The molecule has 0 amide bonds. The number of aromatic amines is 1. The first kappa shape index (κ1) is 11.5. The lowest BCUT2D eigenvalue weighted by atomic mass is 10.1. The second-order valence-corrected chi connectivity index (χ2v) is 5.15. The van der Waals surface area contributed by atoms with Crippen LogP contribution >= 0.6 is 0 Å². The second-order valence-electron chi connectivity index (χ2n) is 5.15. The highest BCUT2D eigenvalue weighted by Crippen LogP contribution is 2.26. The minimum Gasteiger partial charge on any atom is -0.338 e. The standard InChI is InChI=1S/C13H19N5/c1-10-7-15-16-12(10)9-18-5-3-11(8-18)13-14-4-6-17(13)2/h4,6-7,11H,3,5,8-9H2,1-2H3,(H,15,16). The van der Waals surface area contributed by atoms with Crippen LogP contribution in [0.25, 0.3) is 0 Å². The van der Waals surface area contributed by atoms with Crippen LogP contribution in [0.1, 0.15) is 29.4 Å². The Kier molecular flexibility index (Phi) is 2.91. The van der Waals surface area contributed by atoms with Crippen molar-refractivity contribution in [1.82, 2.24) is 24.6 Å². The van der Waals surface area contributed by atoms with Gasteiger partial charge in [0.25, 0.3) is 0 Å². The molecule has 0 saturated carbocycles. The topological polar surface area (TPSA) is 49.7 Å². The van der Waals surface area contributed by atoms with E-state index >= 15 is 0 Å². The number of H-pyrrole nitrogens is 1. The summed E-state index contributed by atoms with van der Waals surface area (Å²) in [6.07, 6.45) is 6.99. The molecule has 1 fully saturated rings. The Bertz CT molecular complexity index is 527. The Labute approximate surface area is 107 Å². The molecule has 2 aromatic heterocycles. The first-order chi connectivity index (χ1) is 8.74. The molecule has 1 N–H and O–H groups in total. The summed E-state index contributed by atoms with van der Waals surface area (Å²) in [6.45, 7) is 5.29. The third kappa shape index (κ3) is 2.06. The average Bonchev–Trinajstić information content (AvgIpc) is 3.03. The van der Waals surface area contributed by atoms with Gasteiger partial charge in [-0.3, -0.25) is 10.00 Å². The number of rotatable bonds is 3. The fourth-order valence-electron chi connectivity index (χ4n) is 2.71. The van der Waals surface area contributed by atoms with Crippen molar-refractivity contribution < 1.29 is 0 Å². The molecule has 1 aliphatic rings. The number of aryl methyl sites for hydroxylation is 2. The molecule has 5 nitrogen and oxygen atoms in total. The lowest BCUT2D eigenvalue weighted by molar-refractivity contribution is 0.320. The van der Waals surface area contributed by atoms with Crippen molar-refractivity contribution in [2.45, 2.75) is 25.8 Å². The molecular formula is C13H19N5. The Morgan fingerprint density at radius 3 is 3.06 bits per heavy atom. The van der Waals surface area contributed by atoms with Gasteiger partial charge in [0, 0.05) is 38.4 Å². The number of aromatic nitrogens is 4. The summed E-state index contributed by atoms with van der Waals surface area (Å²) in [5.74, 6) is 1.77. The van der Waals surface area contributed by atoms with Crippen molar-refractivity contribution in [1.29, 1.82) is 0 Å². The van der Waals surface area contributed by atoms with Crippen LogP contribution < -0.4 is 0 Å². The lowest BCUT2D eigenvalue weighted by Gasteiger charge is -2.15. The first-order valence-electron chi connectivity index (χ1n) is 6.42. The SMILES string of the molecule is Cc1cn[nH]c1CN1CCC(c2nccn2C)C1. The van der Waals surface area contributed by atoms with E-state index in [-0.39, 0.29) is 0 Å². The minimum atomic E-state index is 0.563. The largest absolute Gasteiger partial charge is 0.338 e. The Morgan fingerprint density at radius 2 is 2.39 bits per heavy atom. The quantitative estimate of drug-likeness (QED) is 0.890. The molecule has 0 bridgehead atoms. The molecule has 0 radical (unpaired) electrons. The highest BCUT2D eigenvalue weighted by molar-refractivity contribution is 5.14. The molecule has 0 spiro atoms. The van der Waals surface area contributed by atoms with E-state index in [1.165, 1.54) is 23.5 Å². The van der Waals surface area contributed by atoms with Crippen LogP contribution in [0, 0.1) is 6.92 Å². The van der Waals surface area contributed by atoms with Crippen molar-refractivity contribution in [2.24, 2.45) is 7.05 Å². The summed E-state index contributed by atoms with van der Waals surface area (Å²) >= 11 is 0. The molecule has 1 saturated heterocycles. The van der Waals surface area contributed by atoms with E-state index < -0.39 is 0 Å². The van der Waals surface area contributed by atoms with E-state index in [1.54, 1.807) is 0 Å². The van der Waals surface area contributed by atoms with Crippen LogP contribution in [-0.2, 0) is 13.6 Å². The van der Waals surface area contributed by atoms with Crippen LogP contribution in [0.4, 0.5) is 0 Å². The maximum absolute atomic E-state index is 4.46. The molecular weight excluding hydrogens is 226 g/mol. The summed E-state index contributed by atoms with van der Waals surface area (Å²) < 4.78 is 2.13. The molecule has 5 heteroatoms. The van der Waals surface area contributed by atoms with E-state index in [0.29, 0.717) is 5.92 Å². The van der Waals surface area contributed by atoms with Gasteiger partial charge in [-0.2, -0.15) is 5.10 Å². The fourth-order valence-corrected chi connectivity index (χ4v) is 2.71. The predicted octanol–water partition coefficient (Wildman–Crippen LogP) is 1.44. The number of likely N-dealkylation sites (tertiary alicyclic amines) is 1. The molecule has 1 atom stereocenters. The molecule has 0 aliphatic carbocycles. The number of nitrogens with zero attached hydrogens (tertiary/aromatic N) is 4. The van der Waals surface area contributed by atoms with E-state index in [1.807, 2.05) is 18.6 Å². The van der Waals surface area contributed by atoms with Gasteiger partial charge in [-0.25, -0.2) is 4.98 Å². The molecule has 1 aliphatic heterocycles. The lowest BCUT2D eigenvalue weighted by Crippen LogP contribution is -2.21. The number of imidazole rings is 1. The zero-order valence-corrected chi connectivity index (χ0v) is 10.9. The van der Waals surface area contributed by atoms with E-state index in [9.17, 15) is 0 Å². The number of hydrogen-bond acceptors (Lipinski definition) is 3. The predicted molar refractivity (Wildman–Crippen MR) is 69.2 cm³/mol. The van der Waals surface area contributed by atoms with Crippen LogP contribution in [0.5, 0.6) is 0 Å². The van der Waals surface area contributed by atoms with Crippen molar-refractivity contribution in [3.05, 3.63) is 35.7 Å². The molecule has 3 rings (SSSR count). The Morgan fingerprint density at radius 1 is 1.50 bits per heavy atom. The molecule has 18 heavy (non-hydrogen) atoms. The zero-order chi connectivity index (χ0) is 12.5. The molecule has 3 heterocycles. The maximum Gasteiger partial charge on any atom is 0.112 e. The van der Waals surface area contributed by atoms with Crippen LogP contribution in [0.15, 0.2) is 18.6 Å². The maximum atomic E-state index is 4.46. The van der Waals surface area contributed by atoms with Gasteiger partial charge in [-0.05, 0) is 25.5 Å². The third-order valence-electron chi connectivity index (χ3n) is 3.81. The van der Waals surface area contributed by atoms with E-state index in [2.05, 4.69) is 38.6 Å². The third-order valence-corrected chi connectivity index (χ3v) is 3.81. The van der Waals surface area contributed by atoms with Crippen molar-refractivity contribution in [2.75, 3.05) is 13.1 Å². The van der Waals surface area contributed by atoms with Crippen molar-refractivity contribution in [3.63, 3.8) is 0 Å². The van der Waals surface area contributed by atoms with Crippen LogP contribution in [0.2, 0.25) is 0 Å². The summed E-state index contributed by atoms with van der Waals surface area (Å²) in [7, 11) is 2.07. The Hall–Kier alpha value is -1.62. The fraction of sp³-hybridized carbons (Fsp3) is 0.538. The summed E-state index contributed by atoms with van der Waals surface area (Å²) in [5.41, 5.74) is 2.48. The zero-order valence-electron chi connectivity index (χ0n) is 10.9. The highest BCUT2D eigenvalue weighted by Gasteiger charge is 2.26. The van der Waals surface area contributed by atoms with E-state index in [4.69, 9.17) is 0 Å². The van der Waals surface area contributed by atoms with Gasteiger partial charge >= 0.3 is 0 Å². The summed E-state index contributed by atoms with van der Waals surface area (Å²) in [6, 6.07) is 0. The van der Waals surface area contributed by atoms with E-state index in [0.717, 1.165) is 19.6 Å². The Balaban J connectivity index is 1.66. The molecule has 0 aromatic carbocycles. The summed E-state index contributed by atoms with van der Waals surface area (Å²) in [4.78, 5) is 6.94. The molecule has 2 aromatic rings. The van der Waals surface area contributed by atoms with Gasteiger partial charge in [-0.1, -0.05) is 0 Å². The molecule has 96 valence electrons. The van der Waals surface area contributed by atoms with Crippen molar-refractivity contribution >= 4 is 0 Å². The van der Waals surface area contributed by atoms with Crippen LogP contribution in [-0.4, -0.2) is 37.7 Å². The molecule has 1 unspecified atom stereocenters. The summed E-state index contributed by atoms with van der Waals surface area (Å²) in [5, 5.41) is 7.16. The van der Waals surface area contributed by atoms with Crippen LogP contribution in [0.3, 0.4) is 0 Å². The van der Waals surface area contributed by atoms with Gasteiger partial charge in [0.2, 0.25) is 0 Å². The highest BCUT2D eigenvalue weighted by atomic mass is 15.2. The van der Waals surface area contributed by atoms with Gasteiger partial charge < -0.3 is 4.57 Å². The van der Waals surface area contributed by atoms with Crippen molar-refractivity contribution in [3.8, 4) is 0 Å². The number of nitrogens with one attached hydrogen (secondary N) is 1. The second kappa shape index (κ2) is 4.57. The van der Waals surface area contributed by atoms with Gasteiger partial charge in [0.15, 0.2) is 0 Å². The minimum absolute atomic E-state index is 0.563. The van der Waals surface area contributed by atoms with Gasteiger partial charge in [-0.15, -0.1) is 0 Å². The normalized spacial score (nSPS) is 20.7. The first-order valence-corrected chi connectivity index (χ1v) is 6.42. The smallest absolute Gasteiger partial charge is 0.112 e. The van der Waals surface area contributed by atoms with Gasteiger partial charge in [0.1, 0.15) is 5.82 Å². The monoisotopic (exact) mass is 245 g/mol. The average molecular weight is 245 g/mol. The number of hydrogen-bond donors (Lipinski definition) is 1. The van der Waals surface area contributed by atoms with Gasteiger partial charge in [0.05, 0.1) is 11.9 Å².